The molecule has 0 unspecified atom stereocenters. The fourth-order valence-corrected chi connectivity index (χ4v) is 2.31. The summed E-state index contributed by atoms with van der Waals surface area (Å²) in [5.41, 5.74) is 0. The highest BCUT2D eigenvalue weighted by Gasteiger charge is 2.17. The normalized spacial score (nSPS) is 25.9. The first kappa shape index (κ1) is 11.7. The number of nitrogens with one attached hydrogen (secondary N) is 1. The second-order valence-corrected chi connectivity index (χ2v) is 4.86. The largest absolute Gasteiger partial charge is 0.462 e. The summed E-state index contributed by atoms with van der Waals surface area (Å²) < 4.78 is 5.43. The van der Waals surface area contributed by atoms with E-state index in [1.54, 1.807) is 0 Å². The van der Waals surface area contributed by atoms with E-state index in [1.165, 1.54) is 25.7 Å². The Balaban J connectivity index is 1.74. The van der Waals surface area contributed by atoms with Crippen molar-refractivity contribution in [3.63, 3.8) is 0 Å². The first-order valence-corrected chi connectivity index (χ1v) is 6.19. The Bertz CT molecular complexity index is 313. The zero-order chi connectivity index (χ0) is 11.4. The van der Waals surface area contributed by atoms with Crippen LogP contribution in [0, 0.1) is 5.92 Å². The molecule has 2 N–H and O–H groups in total. The Kier molecular flexibility index (Phi) is 4.02. The fraction of sp³-hybridized carbons (Fsp3) is 0.692. The molecule has 1 aliphatic carbocycles. The highest BCUT2D eigenvalue weighted by molar-refractivity contribution is 5.06. The van der Waals surface area contributed by atoms with Crippen LogP contribution in [0.25, 0.3) is 0 Å². The summed E-state index contributed by atoms with van der Waals surface area (Å²) >= 11 is 0. The standard InChI is InChI=1S/C13H21NO2/c1-10-2-4-11(5-3-10)14-8-12-6-7-13(9-15)16-12/h6-7,10-11,14-15H,2-5,8-9H2,1H3. The molecular weight excluding hydrogens is 202 g/mol. The van der Waals surface area contributed by atoms with Gasteiger partial charge in [0.05, 0.1) is 6.54 Å². The minimum absolute atomic E-state index is 0.0130. The molecule has 90 valence electrons. The topological polar surface area (TPSA) is 45.4 Å². The third-order valence-corrected chi connectivity index (χ3v) is 3.45. The van der Waals surface area contributed by atoms with E-state index in [-0.39, 0.29) is 6.61 Å². The SMILES string of the molecule is CC1CCC(NCc2ccc(CO)o2)CC1. The fourth-order valence-electron chi connectivity index (χ4n) is 2.31. The van der Waals surface area contributed by atoms with Gasteiger partial charge in [-0.25, -0.2) is 0 Å². The van der Waals surface area contributed by atoms with Crippen LogP contribution >= 0.6 is 0 Å². The highest BCUT2D eigenvalue weighted by Crippen LogP contribution is 2.23. The summed E-state index contributed by atoms with van der Waals surface area (Å²) in [5, 5.41) is 12.4. The van der Waals surface area contributed by atoms with E-state index < -0.39 is 0 Å². The van der Waals surface area contributed by atoms with Crippen molar-refractivity contribution in [2.24, 2.45) is 5.92 Å². The van der Waals surface area contributed by atoms with Gasteiger partial charge in [-0.15, -0.1) is 0 Å². The average Bonchev–Trinajstić information content (AvgIpc) is 2.76. The van der Waals surface area contributed by atoms with Crippen LogP contribution in [0.5, 0.6) is 0 Å². The maximum absolute atomic E-state index is 8.88. The van der Waals surface area contributed by atoms with Gasteiger partial charge in [0, 0.05) is 6.04 Å². The Hall–Kier alpha value is -0.800. The molecule has 0 amide bonds. The molecule has 0 spiro atoms. The van der Waals surface area contributed by atoms with Crippen LogP contribution in [0.15, 0.2) is 16.5 Å². The van der Waals surface area contributed by atoms with Crippen molar-refractivity contribution in [1.29, 1.82) is 0 Å². The van der Waals surface area contributed by atoms with Crippen molar-refractivity contribution in [2.75, 3.05) is 0 Å². The van der Waals surface area contributed by atoms with Crippen molar-refractivity contribution < 1.29 is 9.52 Å². The van der Waals surface area contributed by atoms with Gasteiger partial charge in [0.1, 0.15) is 18.1 Å². The molecule has 0 bridgehead atoms. The van der Waals surface area contributed by atoms with Gasteiger partial charge < -0.3 is 14.8 Å². The Labute approximate surface area is 96.8 Å². The summed E-state index contributed by atoms with van der Waals surface area (Å²) in [6, 6.07) is 4.41. The number of rotatable bonds is 4. The Morgan fingerprint density at radius 1 is 1.25 bits per heavy atom. The molecule has 1 aromatic heterocycles. The van der Waals surface area contributed by atoms with E-state index in [2.05, 4.69) is 12.2 Å². The monoisotopic (exact) mass is 223 g/mol. The van der Waals surface area contributed by atoms with E-state index in [0.717, 1.165) is 18.2 Å². The van der Waals surface area contributed by atoms with Crippen molar-refractivity contribution in [2.45, 2.75) is 51.8 Å². The molecule has 0 aliphatic heterocycles. The zero-order valence-electron chi connectivity index (χ0n) is 9.91. The minimum atomic E-state index is -0.0130. The Morgan fingerprint density at radius 3 is 2.56 bits per heavy atom. The molecule has 1 aliphatic rings. The first-order chi connectivity index (χ1) is 7.78. The van der Waals surface area contributed by atoms with Gasteiger partial charge in [-0.1, -0.05) is 6.92 Å². The Morgan fingerprint density at radius 2 is 1.94 bits per heavy atom. The molecule has 3 heteroatoms. The quantitative estimate of drug-likeness (QED) is 0.824. The predicted octanol–water partition coefficient (Wildman–Crippen LogP) is 2.44. The van der Waals surface area contributed by atoms with Crippen LogP contribution in [0.1, 0.15) is 44.1 Å². The highest BCUT2D eigenvalue weighted by atomic mass is 16.4. The summed E-state index contributed by atoms with van der Waals surface area (Å²) in [6.45, 7) is 3.09. The summed E-state index contributed by atoms with van der Waals surface area (Å²) in [6.07, 6.45) is 5.21. The summed E-state index contributed by atoms with van der Waals surface area (Å²) in [7, 11) is 0. The van der Waals surface area contributed by atoms with Crippen LogP contribution in [-0.2, 0) is 13.2 Å². The molecule has 1 saturated carbocycles. The third kappa shape index (κ3) is 3.09. The molecule has 0 atom stereocenters. The van der Waals surface area contributed by atoms with Crippen molar-refractivity contribution in [3.8, 4) is 0 Å². The van der Waals surface area contributed by atoms with Gasteiger partial charge in [-0.05, 0) is 43.7 Å². The van der Waals surface area contributed by atoms with E-state index in [4.69, 9.17) is 9.52 Å². The van der Waals surface area contributed by atoms with E-state index in [1.807, 2.05) is 12.1 Å². The molecular formula is C13H21NO2. The lowest BCUT2D eigenvalue weighted by atomic mass is 9.87. The molecule has 0 radical (unpaired) electrons. The van der Waals surface area contributed by atoms with Gasteiger partial charge in [0.2, 0.25) is 0 Å². The van der Waals surface area contributed by atoms with Gasteiger partial charge in [-0.3, -0.25) is 0 Å². The number of aliphatic hydroxyl groups is 1. The third-order valence-electron chi connectivity index (χ3n) is 3.45. The molecule has 0 aromatic carbocycles. The van der Waals surface area contributed by atoms with Gasteiger partial charge in [0.15, 0.2) is 0 Å². The zero-order valence-corrected chi connectivity index (χ0v) is 9.91. The van der Waals surface area contributed by atoms with Crippen LogP contribution < -0.4 is 5.32 Å². The second kappa shape index (κ2) is 5.51. The lowest BCUT2D eigenvalue weighted by Gasteiger charge is -2.26. The molecule has 2 rings (SSSR count). The van der Waals surface area contributed by atoms with Gasteiger partial charge >= 0.3 is 0 Å². The first-order valence-electron chi connectivity index (χ1n) is 6.19. The number of hydrogen-bond donors (Lipinski definition) is 2. The van der Waals surface area contributed by atoms with Crippen LogP contribution in [0.3, 0.4) is 0 Å². The number of aliphatic hydroxyl groups excluding tert-OH is 1. The maximum atomic E-state index is 8.88. The van der Waals surface area contributed by atoms with Crippen molar-refractivity contribution in [1.82, 2.24) is 5.32 Å². The maximum Gasteiger partial charge on any atom is 0.129 e. The molecule has 0 saturated heterocycles. The summed E-state index contributed by atoms with van der Waals surface area (Å²) in [5.74, 6) is 2.46. The number of furan rings is 1. The minimum Gasteiger partial charge on any atom is -0.462 e. The van der Waals surface area contributed by atoms with Crippen LogP contribution in [0.2, 0.25) is 0 Å². The van der Waals surface area contributed by atoms with E-state index in [9.17, 15) is 0 Å². The lowest BCUT2D eigenvalue weighted by Crippen LogP contribution is -2.32. The van der Waals surface area contributed by atoms with Crippen LogP contribution in [-0.4, -0.2) is 11.1 Å². The van der Waals surface area contributed by atoms with Crippen LogP contribution in [0.4, 0.5) is 0 Å². The molecule has 1 aromatic rings. The van der Waals surface area contributed by atoms with Crippen molar-refractivity contribution in [3.05, 3.63) is 23.7 Å². The predicted molar refractivity (Wildman–Crippen MR) is 62.9 cm³/mol. The average molecular weight is 223 g/mol. The van der Waals surface area contributed by atoms with E-state index >= 15 is 0 Å². The molecule has 3 nitrogen and oxygen atoms in total. The molecule has 16 heavy (non-hydrogen) atoms. The number of hydrogen-bond acceptors (Lipinski definition) is 3. The molecule has 1 heterocycles. The van der Waals surface area contributed by atoms with Gasteiger partial charge in [-0.2, -0.15) is 0 Å². The lowest BCUT2D eigenvalue weighted by molar-refractivity contribution is 0.240. The second-order valence-electron chi connectivity index (χ2n) is 4.86. The smallest absolute Gasteiger partial charge is 0.129 e. The van der Waals surface area contributed by atoms with E-state index in [0.29, 0.717) is 11.8 Å². The summed E-state index contributed by atoms with van der Waals surface area (Å²) in [4.78, 5) is 0. The van der Waals surface area contributed by atoms with Crippen molar-refractivity contribution >= 4 is 0 Å². The molecule has 1 fully saturated rings. The van der Waals surface area contributed by atoms with Gasteiger partial charge in [0.25, 0.3) is 0 Å².